The van der Waals surface area contributed by atoms with Gasteiger partial charge in [0.25, 0.3) is 0 Å². The predicted octanol–water partition coefficient (Wildman–Crippen LogP) is 1.16. The Kier molecular flexibility index (Phi) is 1.73. The Morgan fingerprint density at radius 2 is 2.46 bits per heavy atom. The van der Waals surface area contributed by atoms with Gasteiger partial charge in [-0.2, -0.15) is 0 Å². The van der Waals surface area contributed by atoms with E-state index in [9.17, 15) is 4.79 Å². The van der Waals surface area contributed by atoms with Crippen LogP contribution in [0.4, 0.5) is 5.82 Å². The SMILES string of the molecule is CN(C=O)c1cc2ncccc2[nH]1. The van der Waals surface area contributed by atoms with Gasteiger partial charge in [0.15, 0.2) is 0 Å². The lowest BCUT2D eigenvalue weighted by Crippen LogP contribution is -2.13. The van der Waals surface area contributed by atoms with Gasteiger partial charge in [0.05, 0.1) is 11.0 Å². The van der Waals surface area contributed by atoms with Crippen LogP contribution in [0.2, 0.25) is 0 Å². The molecule has 0 unspecified atom stereocenters. The Hall–Kier alpha value is -1.84. The minimum Gasteiger partial charge on any atom is -0.340 e. The Morgan fingerprint density at radius 1 is 1.62 bits per heavy atom. The van der Waals surface area contributed by atoms with E-state index in [0.717, 1.165) is 23.3 Å². The summed E-state index contributed by atoms with van der Waals surface area (Å²) in [5, 5.41) is 0. The van der Waals surface area contributed by atoms with Crippen molar-refractivity contribution in [3.63, 3.8) is 0 Å². The van der Waals surface area contributed by atoms with Gasteiger partial charge < -0.3 is 9.88 Å². The highest BCUT2D eigenvalue weighted by Gasteiger charge is 2.03. The number of carbonyl (C=O) groups excluding carboxylic acids is 1. The molecule has 2 aromatic heterocycles. The fourth-order valence-corrected chi connectivity index (χ4v) is 1.19. The molecule has 13 heavy (non-hydrogen) atoms. The van der Waals surface area contributed by atoms with E-state index >= 15 is 0 Å². The largest absolute Gasteiger partial charge is 0.340 e. The van der Waals surface area contributed by atoms with Crippen molar-refractivity contribution in [1.29, 1.82) is 0 Å². The molecule has 0 saturated carbocycles. The van der Waals surface area contributed by atoms with Crippen molar-refractivity contribution in [2.75, 3.05) is 11.9 Å². The molecule has 66 valence electrons. The van der Waals surface area contributed by atoms with Crippen LogP contribution in [-0.4, -0.2) is 23.4 Å². The first kappa shape index (κ1) is 7.79. The average molecular weight is 175 g/mol. The first-order valence-corrected chi connectivity index (χ1v) is 3.93. The molecular weight excluding hydrogens is 166 g/mol. The highest BCUT2D eigenvalue weighted by atomic mass is 16.1. The van der Waals surface area contributed by atoms with Crippen LogP contribution in [0.15, 0.2) is 24.4 Å². The molecule has 0 saturated heterocycles. The van der Waals surface area contributed by atoms with Gasteiger partial charge in [0, 0.05) is 19.3 Å². The Morgan fingerprint density at radius 3 is 3.15 bits per heavy atom. The number of aromatic nitrogens is 2. The summed E-state index contributed by atoms with van der Waals surface area (Å²) >= 11 is 0. The fourth-order valence-electron chi connectivity index (χ4n) is 1.19. The smallest absolute Gasteiger partial charge is 0.214 e. The first-order valence-electron chi connectivity index (χ1n) is 3.93. The van der Waals surface area contributed by atoms with Crippen LogP contribution in [-0.2, 0) is 4.79 Å². The third kappa shape index (κ3) is 1.26. The number of nitrogens with zero attached hydrogens (tertiary/aromatic N) is 2. The predicted molar refractivity (Wildman–Crippen MR) is 50.6 cm³/mol. The summed E-state index contributed by atoms with van der Waals surface area (Å²) in [6.07, 6.45) is 2.48. The maximum Gasteiger partial charge on any atom is 0.214 e. The number of nitrogens with one attached hydrogen (secondary N) is 1. The maximum absolute atomic E-state index is 10.5. The van der Waals surface area contributed by atoms with E-state index in [1.54, 1.807) is 13.2 Å². The van der Waals surface area contributed by atoms with Crippen molar-refractivity contribution in [2.24, 2.45) is 0 Å². The number of amides is 1. The number of fused-ring (bicyclic) bond motifs is 1. The second-order valence-electron chi connectivity index (χ2n) is 2.81. The Labute approximate surface area is 75.2 Å². The minimum atomic E-state index is 0.753. The highest BCUT2D eigenvalue weighted by Crippen LogP contribution is 2.17. The lowest BCUT2D eigenvalue weighted by molar-refractivity contribution is -0.107. The van der Waals surface area contributed by atoms with Crippen LogP contribution in [0, 0.1) is 0 Å². The lowest BCUT2D eigenvalue weighted by Gasteiger charge is -2.05. The van der Waals surface area contributed by atoms with Crippen LogP contribution < -0.4 is 4.90 Å². The second-order valence-corrected chi connectivity index (χ2v) is 2.81. The van der Waals surface area contributed by atoms with Gasteiger partial charge in [-0.25, -0.2) is 0 Å². The van der Waals surface area contributed by atoms with Crippen LogP contribution in [0.25, 0.3) is 11.0 Å². The minimum absolute atomic E-state index is 0.753. The van der Waals surface area contributed by atoms with E-state index in [0.29, 0.717) is 0 Å². The third-order valence-corrected chi connectivity index (χ3v) is 1.91. The summed E-state index contributed by atoms with van der Waals surface area (Å²) in [4.78, 5) is 19.2. The molecule has 0 aliphatic rings. The van der Waals surface area contributed by atoms with Gasteiger partial charge in [0.1, 0.15) is 5.82 Å². The van der Waals surface area contributed by atoms with E-state index in [4.69, 9.17) is 0 Å². The number of hydrogen-bond acceptors (Lipinski definition) is 2. The molecular formula is C9H9N3O. The van der Waals surface area contributed by atoms with Crippen molar-refractivity contribution < 1.29 is 4.79 Å². The number of pyridine rings is 1. The van der Waals surface area contributed by atoms with Gasteiger partial charge in [0.2, 0.25) is 6.41 Å². The molecule has 0 aliphatic carbocycles. The number of hydrogen-bond donors (Lipinski definition) is 1. The molecule has 4 heteroatoms. The Balaban J connectivity index is 2.55. The number of H-pyrrole nitrogens is 1. The number of carbonyl (C=O) groups is 1. The molecule has 0 spiro atoms. The molecule has 1 amide bonds. The number of aromatic amines is 1. The monoisotopic (exact) mass is 175 g/mol. The molecule has 1 N–H and O–H groups in total. The van der Waals surface area contributed by atoms with Crippen LogP contribution in [0.5, 0.6) is 0 Å². The van der Waals surface area contributed by atoms with Gasteiger partial charge >= 0.3 is 0 Å². The molecule has 2 rings (SSSR count). The lowest BCUT2D eigenvalue weighted by atomic mass is 10.4. The average Bonchev–Trinajstić information content (AvgIpc) is 2.59. The summed E-state index contributed by atoms with van der Waals surface area (Å²) in [7, 11) is 1.69. The molecule has 0 fully saturated rings. The van der Waals surface area contributed by atoms with Gasteiger partial charge in [-0.1, -0.05) is 0 Å². The fraction of sp³-hybridized carbons (Fsp3) is 0.111. The maximum atomic E-state index is 10.5. The van der Waals surface area contributed by atoms with Crippen molar-refractivity contribution in [3.05, 3.63) is 24.4 Å². The third-order valence-electron chi connectivity index (χ3n) is 1.91. The van der Waals surface area contributed by atoms with E-state index in [-0.39, 0.29) is 0 Å². The molecule has 4 nitrogen and oxygen atoms in total. The zero-order valence-electron chi connectivity index (χ0n) is 7.19. The quantitative estimate of drug-likeness (QED) is 0.696. The summed E-state index contributed by atoms with van der Waals surface area (Å²) in [6.45, 7) is 0. The molecule has 2 aromatic rings. The normalized spacial score (nSPS) is 10.2. The number of rotatable bonds is 2. The number of anilines is 1. The molecule has 0 bridgehead atoms. The van der Waals surface area contributed by atoms with Gasteiger partial charge in [-0.3, -0.25) is 9.78 Å². The van der Waals surface area contributed by atoms with Gasteiger partial charge in [-0.05, 0) is 12.1 Å². The summed E-state index contributed by atoms with van der Waals surface area (Å²) in [5.41, 5.74) is 1.80. The molecule has 0 aromatic carbocycles. The van der Waals surface area contributed by atoms with Crippen molar-refractivity contribution in [1.82, 2.24) is 9.97 Å². The van der Waals surface area contributed by atoms with E-state index in [1.807, 2.05) is 18.2 Å². The second kappa shape index (κ2) is 2.90. The first-order chi connectivity index (χ1) is 6.31. The molecule has 2 heterocycles. The van der Waals surface area contributed by atoms with Crippen LogP contribution >= 0.6 is 0 Å². The van der Waals surface area contributed by atoms with E-state index in [1.165, 1.54) is 4.90 Å². The van der Waals surface area contributed by atoms with Crippen molar-refractivity contribution in [3.8, 4) is 0 Å². The molecule has 0 aliphatic heterocycles. The van der Waals surface area contributed by atoms with E-state index < -0.39 is 0 Å². The summed E-state index contributed by atoms with van der Waals surface area (Å²) < 4.78 is 0. The Bertz CT molecular complexity index is 402. The van der Waals surface area contributed by atoms with Gasteiger partial charge in [-0.15, -0.1) is 0 Å². The van der Waals surface area contributed by atoms with Crippen LogP contribution in [0.1, 0.15) is 0 Å². The highest BCUT2D eigenvalue weighted by molar-refractivity contribution is 5.84. The molecule has 0 radical (unpaired) electrons. The van der Waals surface area contributed by atoms with Crippen molar-refractivity contribution in [2.45, 2.75) is 0 Å². The zero-order chi connectivity index (χ0) is 9.26. The summed E-state index contributed by atoms with van der Waals surface area (Å²) in [6, 6.07) is 5.61. The zero-order valence-corrected chi connectivity index (χ0v) is 7.19. The van der Waals surface area contributed by atoms with E-state index in [2.05, 4.69) is 9.97 Å². The van der Waals surface area contributed by atoms with Crippen LogP contribution in [0.3, 0.4) is 0 Å². The topological polar surface area (TPSA) is 49.0 Å². The standard InChI is InChI=1S/C9H9N3O/c1-12(6-13)9-5-8-7(11-9)3-2-4-10-8/h2-6,11H,1H3. The molecule has 0 atom stereocenters. The van der Waals surface area contributed by atoms with Crippen molar-refractivity contribution >= 4 is 23.3 Å². The summed E-state index contributed by atoms with van der Waals surface area (Å²) in [5.74, 6) is 0.753.